The van der Waals surface area contributed by atoms with Gasteiger partial charge >= 0.3 is 5.97 Å². The number of rotatable bonds is 2. The lowest BCUT2D eigenvalue weighted by Gasteiger charge is -2.15. The molecule has 1 heterocycles. The number of benzene rings is 1. The first-order valence-corrected chi connectivity index (χ1v) is 4.89. The average molecular weight is 223 g/mol. The van der Waals surface area contributed by atoms with Gasteiger partial charge in [0.2, 0.25) is 5.91 Å². The number of amides is 1. The maximum atomic E-state index is 12.9. The Morgan fingerprint density at radius 2 is 2.25 bits per heavy atom. The molecule has 1 aliphatic rings. The highest BCUT2D eigenvalue weighted by Gasteiger charge is 2.37. The zero-order valence-electron chi connectivity index (χ0n) is 8.39. The van der Waals surface area contributed by atoms with E-state index in [1.807, 2.05) is 0 Å². The molecule has 0 bridgehead atoms. The second-order valence-corrected chi connectivity index (χ2v) is 3.65. The van der Waals surface area contributed by atoms with Crippen LogP contribution in [0.2, 0.25) is 0 Å². The van der Waals surface area contributed by atoms with Crippen LogP contribution in [-0.2, 0) is 9.59 Å². The SMILES string of the molecule is O=C(O)[C@@H]1CCN(c2cccc(F)c2)C1=O. The summed E-state index contributed by atoms with van der Waals surface area (Å²) in [6, 6.07) is 5.58. The van der Waals surface area contributed by atoms with Crippen LogP contribution in [-0.4, -0.2) is 23.5 Å². The Balaban J connectivity index is 2.25. The van der Waals surface area contributed by atoms with Gasteiger partial charge in [-0.15, -0.1) is 0 Å². The van der Waals surface area contributed by atoms with E-state index >= 15 is 0 Å². The molecule has 1 aliphatic heterocycles. The molecule has 0 aromatic heterocycles. The van der Waals surface area contributed by atoms with Gasteiger partial charge in [-0.05, 0) is 24.6 Å². The molecule has 0 unspecified atom stereocenters. The lowest BCUT2D eigenvalue weighted by Crippen LogP contribution is -2.30. The average Bonchev–Trinajstić information content (AvgIpc) is 2.60. The predicted octanol–water partition coefficient (Wildman–Crippen LogP) is 1.26. The summed E-state index contributed by atoms with van der Waals surface area (Å²) in [5.41, 5.74) is 0.411. The number of carboxylic acid groups (broad SMARTS) is 1. The third kappa shape index (κ3) is 1.76. The highest BCUT2D eigenvalue weighted by Crippen LogP contribution is 2.25. The van der Waals surface area contributed by atoms with Crippen molar-refractivity contribution < 1.29 is 19.1 Å². The molecular weight excluding hydrogens is 213 g/mol. The molecule has 1 fully saturated rings. The summed E-state index contributed by atoms with van der Waals surface area (Å²) in [6.07, 6.45) is 0.269. The molecule has 2 rings (SSSR count). The van der Waals surface area contributed by atoms with E-state index in [1.54, 1.807) is 6.07 Å². The Labute approximate surface area is 91.3 Å². The number of carbonyl (C=O) groups excluding carboxylic acids is 1. The van der Waals surface area contributed by atoms with Gasteiger partial charge in [0.05, 0.1) is 0 Å². The maximum Gasteiger partial charge on any atom is 0.316 e. The van der Waals surface area contributed by atoms with Crippen LogP contribution in [0.25, 0.3) is 0 Å². The van der Waals surface area contributed by atoms with Gasteiger partial charge in [-0.2, -0.15) is 0 Å². The molecule has 84 valence electrons. The first kappa shape index (κ1) is 10.6. The van der Waals surface area contributed by atoms with Crippen molar-refractivity contribution >= 4 is 17.6 Å². The van der Waals surface area contributed by atoms with Gasteiger partial charge in [0.15, 0.2) is 0 Å². The highest BCUT2D eigenvalue weighted by molar-refractivity contribution is 6.07. The van der Waals surface area contributed by atoms with Crippen LogP contribution in [0.15, 0.2) is 24.3 Å². The standard InChI is InChI=1S/C11H10FNO3/c12-7-2-1-3-8(6-7)13-5-4-9(10(13)14)11(15)16/h1-3,6,9H,4-5H2,(H,15,16)/t9-/m1/s1. The molecule has 0 aliphatic carbocycles. The summed E-state index contributed by atoms with van der Waals surface area (Å²) in [7, 11) is 0. The van der Waals surface area contributed by atoms with E-state index in [0.717, 1.165) is 0 Å². The molecule has 1 aromatic carbocycles. The summed E-state index contributed by atoms with van der Waals surface area (Å²) in [5, 5.41) is 8.78. The number of carboxylic acids is 1. The van der Waals surface area contributed by atoms with Crippen molar-refractivity contribution in [1.82, 2.24) is 0 Å². The Kier molecular flexibility index (Phi) is 2.60. The van der Waals surface area contributed by atoms with Gasteiger partial charge in [0.1, 0.15) is 11.7 Å². The van der Waals surface area contributed by atoms with Gasteiger partial charge in [-0.3, -0.25) is 9.59 Å². The van der Waals surface area contributed by atoms with E-state index in [-0.39, 0.29) is 6.42 Å². The second-order valence-electron chi connectivity index (χ2n) is 3.65. The summed E-state index contributed by atoms with van der Waals surface area (Å²) < 4.78 is 12.9. The summed E-state index contributed by atoms with van der Waals surface area (Å²) in [5.74, 6) is -3.03. The fourth-order valence-electron chi connectivity index (χ4n) is 1.81. The fourth-order valence-corrected chi connectivity index (χ4v) is 1.81. The summed E-state index contributed by atoms with van der Waals surface area (Å²) in [6.45, 7) is 0.319. The fraction of sp³-hybridized carbons (Fsp3) is 0.273. The predicted molar refractivity (Wildman–Crippen MR) is 54.5 cm³/mol. The first-order valence-electron chi connectivity index (χ1n) is 4.89. The van der Waals surface area contributed by atoms with E-state index < -0.39 is 23.6 Å². The Morgan fingerprint density at radius 3 is 2.81 bits per heavy atom. The monoisotopic (exact) mass is 223 g/mol. The third-order valence-corrected chi connectivity index (χ3v) is 2.62. The quantitative estimate of drug-likeness (QED) is 0.768. The molecule has 4 nitrogen and oxygen atoms in total. The molecule has 5 heteroatoms. The van der Waals surface area contributed by atoms with E-state index in [1.165, 1.54) is 23.1 Å². The molecule has 1 atom stereocenters. The number of carbonyl (C=O) groups is 2. The Morgan fingerprint density at radius 1 is 1.50 bits per heavy atom. The van der Waals surface area contributed by atoms with Crippen LogP contribution < -0.4 is 4.90 Å². The lowest BCUT2D eigenvalue weighted by atomic mass is 10.1. The van der Waals surface area contributed by atoms with Gasteiger partial charge in [0.25, 0.3) is 0 Å². The van der Waals surface area contributed by atoms with Crippen molar-refractivity contribution in [1.29, 1.82) is 0 Å². The van der Waals surface area contributed by atoms with Crippen LogP contribution in [0.5, 0.6) is 0 Å². The number of hydrogen-bond donors (Lipinski definition) is 1. The van der Waals surface area contributed by atoms with E-state index in [0.29, 0.717) is 12.2 Å². The van der Waals surface area contributed by atoms with Gasteiger partial charge in [-0.25, -0.2) is 4.39 Å². The van der Waals surface area contributed by atoms with E-state index in [2.05, 4.69) is 0 Å². The van der Waals surface area contributed by atoms with Gasteiger partial charge in [-0.1, -0.05) is 6.07 Å². The van der Waals surface area contributed by atoms with Gasteiger partial charge < -0.3 is 10.0 Å². The summed E-state index contributed by atoms with van der Waals surface area (Å²) >= 11 is 0. The molecule has 1 saturated heterocycles. The van der Waals surface area contributed by atoms with Crippen molar-refractivity contribution in [3.05, 3.63) is 30.1 Å². The highest BCUT2D eigenvalue weighted by atomic mass is 19.1. The minimum absolute atomic E-state index is 0.269. The zero-order chi connectivity index (χ0) is 11.7. The minimum Gasteiger partial charge on any atom is -0.481 e. The van der Waals surface area contributed by atoms with Crippen LogP contribution >= 0.6 is 0 Å². The Bertz CT molecular complexity index is 447. The molecule has 0 spiro atoms. The maximum absolute atomic E-state index is 12.9. The third-order valence-electron chi connectivity index (χ3n) is 2.62. The lowest BCUT2D eigenvalue weighted by molar-refractivity contribution is -0.144. The van der Waals surface area contributed by atoms with E-state index in [4.69, 9.17) is 5.11 Å². The molecule has 16 heavy (non-hydrogen) atoms. The largest absolute Gasteiger partial charge is 0.481 e. The first-order chi connectivity index (χ1) is 7.59. The second kappa shape index (κ2) is 3.92. The smallest absolute Gasteiger partial charge is 0.316 e. The van der Waals surface area contributed by atoms with E-state index in [9.17, 15) is 14.0 Å². The molecule has 0 saturated carbocycles. The number of hydrogen-bond acceptors (Lipinski definition) is 2. The molecule has 1 N–H and O–H groups in total. The molecule has 1 aromatic rings. The number of halogens is 1. The van der Waals surface area contributed by atoms with Crippen molar-refractivity contribution in [3.8, 4) is 0 Å². The molecular formula is C11H10FNO3. The zero-order valence-corrected chi connectivity index (χ0v) is 8.39. The molecule has 0 radical (unpaired) electrons. The van der Waals surface area contributed by atoms with Gasteiger partial charge in [0, 0.05) is 12.2 Å². The summed E-state index contributed by atoms with van der Waals surface area (Å²) in [4.78, 5) is 23.7. The normalized spacial score (nSPS) is 20.2. The van der Waals surface area contributed by atoms with Crippen molar-refractivity contribution in [2.45, 2.75) is 6.42 Å². The number of nitrogens with zero attached hydrogens (tertiary/aromatic N) is 1. The van der Waals surface area contributed by atoms with Crippen molar-refractivity contribution in [2.24, 2.45) is 5.92 Å². The number of anilines is 1. The topological polar surface area (TPSA) is 57.6 Å². The van der Waals surface area contributed by atoms with Crippen molar-refractivity contribution in [2.75, 3.05) is 11.4 Å². The number of aliphatic carboxylic acids is 1. The minimum atomic E-state index is -1.12. The van der Waals surface area contributed by atoms with Crippen LogP contribution in [0.1, 0.15) is 6.42 Å². The van der Waals surface area contributed by atoms with Crippen LogP contribution in [0, 0.1) is 11.7 Å². The van der Waals surface area contributed by atoms with Crippen molar-refractivity contribution in [3.63, 3.8) is 0 Å². The Hall–Kier alpha value is -1.91. The molecule has 1 amide bonds. The van der Waals surface area contributed by atoms with Crippen LogP contribution in [0.3, 0.4) is 0 Å². The van der Waals surface area contributed by atoms with Crippen LogP contribution in [0.4, 0.5) is 10.1 Å².